The van der Waals surface area contributed by atoms with E-state index in [9.17, 15) is 19.5 Å². The number of nitrogens with zero attached hydrogens (tertiary/aromatic N) is 1. The van der Waals surface area contributed by atoms with Crippen LogP contribution in [0.4, 0.5) is 5.69 Å². The highest BCUT2D eigenvalue weighted by atomic mass is 16.5. The van der Waals surface area contributed by atoms with Crippen LogP contribution in [0, 0.1) is 11.8 Å². The summed E-state index contributed by atoms with van der Waals surface area (Å²) in [5.41, 5.74) is -1.18. The standard InChI is InChI=1S/C28H39N3O5/c1-3-20(17-32)31-23(25(34)30-19-13-9-6-10-14-19)28-16-15-27(4-2,36-28)21(22(28)26(31)35)24(33)29-18-11-7-5-8-12-18/h5,7-8,11-12,19-23,32H,3-4,6,9-10,13-17H2,1-2H3,(H,29,33)(H,30,34)/t20-,21-,22-,23?,27+,28?/m0/s1. The number of amides is 3. The maximum atomic E-state index is 14.1. The van der Waals surface area contributed by atoms with Gasteiger partial charge < -0.3 is 25.4 Å². The summed E-state index contributed by atoms with van der Waals surface area (Å²) in [6, 6.07) is 7.96. The van der Waals surface area contributed by atoms with E-state index in [2.05, 4.69) is 10.6 Å². The van der Waals surface area contributed by atoms with E-state index in [4.69, 9.17) is 4.74 Å². The first-order valence-corrected chi connectivity index (χ1v) is 13.7. The lowest BCUT2D eigenvalue weighted by Crippen LogP contribution is -2.59. The number of rotatable bonds is 8. The third-order valence-electron chi connectivity index (χ3n) is 9.22. The van der Waals surface area contributed by atoms with Crippen LogP contribution in [-0.4, -0.2) is 63.7 Å². The molecule has 36 heavy (non-hydrogen) atoms. The molecule has 1 aromatic rings. The van der Waals surface area contributed by atoms with E-state index in [1.807, 2.05) is 44.2 Å². The fraction of sp³-hybridized carbons (Fsp3) is 0.679. The van der Waals surface area contributed by atoms with Crippen LogP contribution in [0.3, 0.4) is 0 Å². The molecule has 6 atom stereocenters. The fourth-order valence-electron chi connectivity index (χ4n) is 7.43. The van der Waals surface area contributed by atoms with Crippen molar-refractivity contribution in [3.05, 3.63) is 30.3 Å². The van der Waals surface area contributed by atoms with Gasteiger partial charge in [0.25, 0.3) is 0 Å². The lowest BCUT2D eigenvalue weighted by Gasteiger charge is -2.38. The second kappa shape index (κ2) is 9.78. The summed E-state index contributed by atoms with van der Waals surface area (Å²) >= 11 is 0. The first kappa shape index (κ1) is 25.2. The Labute approximate surface area is 213 Å². The smallest absolute Gasteiger partial charge is 0.246 e. The molecule has 3 N–H and O–H groups in total. The summed E-state index contributed by atoms with van der Waals surface area (Å²) in [5, 5.41) is 16.4. The van der Waals surface area contributed by atoms with E-state index < -0.39 is 35.1 Å². The van der Waals surface area contributed by atoms with Gasteiger partial charge in [0.05, 0.1) is 30.1 Å². The van der Waals surface area contributed by atoms with Gasteiger partial charge in [-0.3, -0.25) is 14.4 Å². The Bertz CT molecular complexity index is 992. The molecule has 3 aliphatic heterocycles. The fourth-order valence-corrected chi connectivity index (χ4v) is 7.43. The predicted octanol–water partition coefficient (Wildman–Crippen LogP) is 3.00. The number of ether oxygens (including phenoxy) is 1. The van der Waals surface area contributed by atoms with Crippen LogP contribution < -0.4 is 10.6 Å². The van der Waals surface area contributed by atoms with Gasteiger partial charge in [-0.2, -0.15) is 0 Å². The zero-order valence-corrected chi connectivity index (χ0v) is 21.4. The van der Waals surface area contributed by atoms with Gasteiger partial charge in [-0.15, -0.1) is 0 Å². The average molecular weight is 498 g/mol. The maximum Gasteiger partial charge on any atom is 0.246 e. The average Bonchev–Trinajstić information content (AvgIpc) is 3.50. The molecule has 3 saturated heterocycles. The van der Waals surface area contributed by atoms with Gasteiger partial charge in [0.1, 0.15) is 11.6 Å². The molecule has 1 aromatic carbocycles. The molecule has 8 nitrogen and oxygen atoms in total. The third kappa shape index (κ3) is 3.84. The summed E-state index contributed by atoms with van der Waals surface area (Å²) in [6.45, 7) is 3.66. The Morgan fingerprint density at radius 1 is 1.11 bits per heavy atom. The quantitative estimate of drug-likeness (QED) is 0.512. The van der Waals surface area contributed by atoms with Crippen LogP contribution in [0.5, 0.6) is 0 Å². The molecule has 8 heteroatoms. The minimum atomic E-state index is -1.06. The van der Waals surface area contributed by atoms with Crippen molar-refractivity contribution in [3.8, 4) is 0 Å². The zero-order valence-electron chi connectivity index (χ0n) is 21.4. The molecular weight excluding hydrogens is 458 g/mol. The monoisotopic (exact) mass is 497 g/mol. The van der Waals surface area contributed by atoms with Gasteiger partial charge in [-0.1, -0.05) is 51.3 Å². The van der Waals surface area contributed by atoms with Gasteiger partial charge >= 0.3 is 0 Å². The second-order valence-electron chi connectivity index (χ2n) is 11.0. The Balaban J connectivity index is 1.52. The maximum absolute atomic E-state index is 14.1. The molecule has 2 unspecified atom stereocenters. The van der Waals surface area contributed by atoms with E-state index >= 15 is 0 Å². The predicted molar refractivity (Wildman–Crippen MR) is 135 cm³/mol. The topological polar surface area (TPSA) is 108 Å². The van der Waals surface area contributed by atoms with Crippen LogP contribution >= 0.6 is 0 Å². The Hall–Kier alpha value is -2.45. The summed E-state index contributed by atoms with van der Waals surface area (Å²) in [7, 11) is 0. The number of benzene rings is 1. The number of carbonyl (C=O) groups excluding carboxylic acids is 3. The number of anilines is 1. The van der Waals surface area contributed by atoms with E-state index in [-0.39, 0.29) is 30.4 Å². The molecule has 3 amide bonds. The van der Waals surface area contributed by atoms with E-state index in [0.29, 0.717) is 31.4 Å². The summed E-state index contributed by atoms with van der Waals surface area (Å²) in [5.74, 6) is -2.15. The molecule has 0 aromatic heterocycles. The lowest BCUT2D eigenvalue weighted by molar-refractivity contribution is -0.150. The van der Waals surface area contributed by atoms with Crippen LogP contribution in [0.15, 0.2) is 30.3 Å². The highest BCUT2D eigenvalue weighted by Crippen LogP contribution is 2.64. The van der Waals surface area contributed by atoms with Crippen LogP contribution in [-0.2, 0) is 19.1 Å². The van der Waals surface area contributed by atoms with Crippen molar-refractivity contribution in [2.24, 2.45) is 11.8 Å². The van der Waals surface area contributed by atoms with Gasteiger partial charge in [-0.05, 0) is 50.7 Å². The number of carbonyl (C=O) groups is 3. The molecule has 1 aliphatic carbocycles. The highest BCUT2D eigenvalue weighted by Gasteiger charge is 2.79. The van der Waals surface area contributed by atoms with Crippen molar-refractivity contribution in [1.29, 1.82) is 0 Å². The summed E-state index contributed by atoms with van der Waals surface area (Å²) in [4.78, 5) is 43.4. The number of hydrogen-bond donors (Lipinski definition) is 3. The number of hydrogen-bond acceptors (Lipinski definition) is 5. The second-order valence-corrected chi connectivity index (χ2v) is 11.0. The van der Waals surface area contributed by atoms with E-state index in [0.717, 1.165) is 25.7 Å². The number of para-hydroxylation sites is 1. The molecule has 3 heterocycles. The number of nitrogens with one attached hydrogen (secondary N) is 2. The van der Waals surface area contributed by atoms with Crippen molar-refractivity contribution in [2.45, 2.75) is 101 Å². The molecule has 4 fully saturated rings. The first-order chi connectivity index (χ1) is 17.4. The van der Waals surface area contributed by atoms with Crippen LogP contribution in [0.1, 0.15) is 71.6 Å². The minimum absolute atomic E-state index is 0.0868. The lowest BCUT2D eigenvalue weighted by atomic mass is 9.65. The van der Waals surface area contributed by atoms with Gasteiger partial charge in [0.15, 0.2) is 0 Å². The van der Waals surface area contributed by atoms with Crippen molar-refractivity contribution < 1.29 is 24.2 Å². The SMILES string of the molecule is CC[C@@H](CO)N1C(=O)[C@@H]2[C@@H](C(=O)Nc3ccccc3)[C@@]3(CC)CCC2(O3)C1C(=O)NC1CCCCC1. The molecule has 4 aliphatic rings. The van der Waals surface area contributed by atoms with Crippen molar-refractivity contribution in [1.82, 2.24) is 10.2 Å². The molecule has 5 rings (SSSR count). The normalized spacial score (nSPS) is 34.5. The van der Waals surface area contributed by atoms with Gasteiger partial charge in [-0.25, -0.2) is 0 Å². The summed E-state index contributed by atoms with van der Waals surface area (Å²) in [6.07, 6.45) is 7.47. The molecule has 1 spiro atoms. The largest absolute Gasteiger partial charge is 0.394 e. The molecule has 0 radical (unpaired) electrons. The third-order valence-corrected chi connectivity index (χ3v) is 9.22. The van der Waals surface area contributed by atoms with Crippen LogP contribution in [0.2, 0.25) is 0 Å². The number of likely N-dealkylation sites (tertiary alicyclic amines) is 1. The van der Waals surface area contributed by atoms with Crippen LogP contribution in [0.25, 0.3) is 0 Å². The van der Waals surface area contributed by atoms with Gasteiger partial charge in [0.2, 0.25) is 17.7 Å². The zero-order chi connectivity index (χ0) is 25.5. The molecule has 2 bridgehead atoms. The Morgan fingerprint density at radius 3 is 2.47 bits per heavy atom. The summed E-state index contributed by atoms with van der Waals surface area (Å²) < 4.78 is 6.79. The Kier molecular flexibility index (Phi) is 6.85. The Morgan fingerprint density at radius 2 is 1.83 bits per heavy atom. The van der Waals surface area contributed by atoms with E-state index in [1.165, 1.54) is 6.42 Å². The number of fused-ring (bicyclic) bond motifs is 1. The van der Waals surface area contributed by atoms with Crippen molar-refractivity contribution >= 4 is 23.4 Å². The first-order valence-electron chi connectivity index (χ1n) is 13.7. The number of aliphatic hydroxyl groups is 1. The molecular formula is C28H39N3O5. The van der Waals surface area contributed by atoms with Gasteiger partial charge in [0, 0.05) is 11.7 Å². The van der Waals surface area contributed by atoms with E-state index in [1.54, 1.807) is 4.90 Å². The van der Waals surface area contributed by atoms with Crippen molar-refractivity contribution in [3.63, 3.8) is 0 Å². The molecule has 196 valence electrons. The number of aliphatic hydroxyl groups excluding tert-OH is 1. The minimum Gasteiger partial charge on any atom is -0.394 e. The highest BCUT2D eigenvalue weighted by molar-refractivity contribution is 6.02. The van der Waals surface area contributed by atoms with Crippen molar-refractivity contribution in [2.75, 3.05) is 11.9 Å². The molecule has 1 saturated carbocycles.